The molecule has 1 rings (SSSR count). The molecular weight excluding hydrogens is 244 g/mol. The number of carbonyl (C=O) groups is 1. The Morgan fingerprint density at radius 1 is 1.32 bits per heavy atom. The molecule has 0 unspecified atom stereocenters. The molecule has 1 heterocycles. The van der Waals surface area contributed by atoms with Crippen molar-refractivity contribution < 1.29 is 9.90 Å². The van der Waals surface area contributed by atoms with E-state index in [1.807, 2.05) is 12.1 Å². The second-order valence-electron chi connectivity index (χ2n) is 3.37. The summed E-state index contributed by atoms with van der Waals surface area (Å²) in [6, 6.07) is 6.68. The first-order chi connectivity index (χ1) is 9.22. The first kappa shape index (κ1) is 14.2. The van der Waals surface area contributed by atoms with Crippen molar-refractivity contribution in [2.24, 2.45) is 0 Å². The summed E-state index contributed by atoms with van der Waals surface area (Å²) < 4.78 is 0. The van der Waals surface area contributed by atoms with Crippen LogP contribution in [0.25, 0.3) is 0 Å². The number of carbonyl (C=O) groups excluding carboxylic acids is 1. The van der Waals surface area contributed by atoms with Crippen molar-refractivity contribution in [2.75, 3.05) is 19.7 Å². The third kappa shape index (κ3) is 4.12. The van der Waals surface area contributed by atoms with Gasteiger partial charge < -0.3 is 10.0 Å². The van der Waals surface area contributed by atoms with Gasteiger partial charge in [-0.15, -0.1) is 0 Å². The number of rotatable bonds is 3. The van der Waals surface area contributed by atoms with E-state index >= 15 is 0 Å². The van der Waals surface area contributed by atoms with E-state index in [-0.39, 0.29) is 25.4 Å². The predicted octanol–water partition coefficient (Wildman–Crippen LogP) is -0.0852. The Labute approximate surface area is 110 Å². The highest BCUT2D eigenvalue weighted by atomic mass is 16.2. The van der Waals surface area contributed by atoms with Crippen LogP contribution in [-0.4, -0.2) is 40.6 Å². The van der Waals surface area contributed by atoms with Crippen LogP contribution in [0.2, 0.25) is 0 Å². The lowest BCUT2D eigenvalue weighted by Gasteiger charge is -2.14. The summed E-state index contributed by atoms with van der Waals surface area (Å²) in [5.41, 5.74) is 0.706. The SMILES string of the molecule is N#CCN(CC#N)C(=O)c1ccc(C#CCO)cn1. The first-order valence-electron chi connectivity index (χ1n) is 5.32. The van der Waals surface area contributed by atoms with E-state index in [4.69, 9.17) is 15.6 Å². The van der Waals surface area contributed by atoms with Gasteiger partial charge in [0, 0.05) is 11.8 Å². The molecule has 1 N–H and O–H groups in total. The molecule has 0 aliphatic rings. The lowest BCUT2D eigenvalue weighted by Crippen LogP contribution is -2.32. The van der Waals surface area contributed by atoms with Gasteiger partial charge in [0.1, 0.15) is 25.4 Å². The maximum atomic E-state index is 11.9. The van der Waals surface area contributed by atoms with E-state index in [9.17, 15) is 4.79 Å². The van der Waals surface area contributed by atoms with Gasteiger partial charge in [0.05, 0.1) is 12.1 Å². The summed E-state index contributed by atoms with van der Waals surface area (Å²) >= 11 is 0. The van der Waals surface area contributed by atoms with Gasteiger partial charge in [-0.2, -0.15) is 10.5 Å². The lowest BCUT2D eigenvalue weighted by molar-refractivity contribution is 0.0789. The summed E-state index contributed by atoms with van der Waals surface area (Å²) in [7, 11) is 0. The number of amides is 1. The number of hydrogen-bond acceptors (Lipinski definition) is 5. The van der Waals surface area contributed by atoms with E-state index in [1.165, 1.54) is 12.3 Å². The number of aromatic nitrogens is 1. The molecule has 0 fully saturated rings. The topological polar surface area (TPSA) is 101 Å². The molecule has 0 aliphatic heterocycles. The fourth-order valence-electron chi connectivity index (χ4n) is 1.27. The average Bonchev–Trinajstić information content (AvgIpc) is 2.44. The lowest BCUT2D eigenvalue weighted by atomic mass is 10.2. The van der Waals surface area contributed by atoms with Crippen LogP contribution in [0.5, 0.6) is 0 Å². The van der Waals surface area contributed by atoms with Gasteiger partial charge in [0.25, 0.3) is 5.91 Å². The number of nitriles is 2. The molecule has 0 saturated heterocycles. The average molecular weight is 254 g/mol. The third-order valence-electron chi connectivity index (χ3n) is 2.10. The van der Waals surface area contributed by atoms with Crippen molar-refractivity contribution in [3.63, 3.8) is 0 Å². The van der Waals surface area contributed by atoms with Crippen LogP contribution >= 0.6 is 0 Å². The van der Waals surface area contributed by atoms with Gasteiger partial charge in [-0.05, 0) is 12.1 Å². The highest BCUT2D eigenvalue weighted by Crippen LogP contribution is 2.03. The Kier molecular flexibility index (Phi) is 5.56. The number of aliphatic hydroxyl groups excluding tert-OH is 1. The van der Waals surface area contributed by atoms with Crippen LogP contribution in [-0.2, 0) is 0 Å². The molecule has 1 aromatic rings. The van der Waals surface area contributed by atoms with Gasteiger partial charge >= 0.3 is 0 Å². The molecule has 0 saturated carbocycles. The number of pyridine rings is 1. The van der Waals surface area contributed by atoms with Crippen molar-refractivity contribution in [1.29, 1.82) is 10.5 Å². The minimum atomic E-state index is -0.482. The van der Waals surface area contributed by atoms with Crippen LogP contribution in [0.1, 0.15) is 16.1 Å². The second kappa shape index (κ2) is 7.45. The predicted molar refractivity (Wildman–Crippen MR) is 65.3 cm³/mol. The van der Waals surface area contributed by atoms with Crippen LogP contribution < -0.4 is 0 Å². The van der Waals surface area contributed by atoms with Gasteiger partial charge in [0.2, 0.25) is 0 Å². The molecule has 0 spiro atoms. The molecule has 0 aromatic carbocycles. The molecule has 6 heteroatoms. The highest BCUT2D eigenvalue weighted by Gasteiger charge is 2.16. The first-order valence-corrected chi connectivity index (χ1v) is 5.32. The van der Waals surface area contributed by atoms with Crippen LogP contribution in [0.4, 0.5) is 0 Å². The molecule has 6 nitrogen and oxygen atoms in total. The highest BCUT2D eigenvalue weighted by molar-refractivity contribution is 5.92. The van der Waals surface area contributed by atoms with Gasteiger partial charge in [-0.3, -0.25) is 4.79 Å². The van der Waals surface area contributed by atoms with Crippen LogP contribution in [0.3, 0.4) is 0 Å². The normalized spacial score (nSPS) is 8.58. The summed E-state index contributed by atoms with van der Waals surface area (Å²) in [5, 5.41) is 25.7. The van der Waals surface area contributed by atoms with Crippen molar-refractivity contribution in [2.45, 2.75) is 0 Å². The monoisotopic (exact) mass is 254 g/mol. The number of nitrogens with zero attached hydrogens (tertiary/aromatic N) is 4. The van der Waals surface area contributed by atoms with E-state index in [1.54, 1.807) is 6.07 Å². The van der Waals surface area contributed by atoms with E-state index in [0.717, 1.165) is 4.90 Å². The van der Waals surface area contributed by atoms with E-state index in [0.29, 0.717) is 5.56 Å². The maximum Gasteiger partial charge on any atom is 0.274 e. The molecule has 1 amide bonds. The van der Waals surface area contributed by atoms with Crippen molar-refractivity contribution in [3.8, 4) is 24.0 Å². The summed E-state index contributed by atoms with van der Waals surface area (Å²) in [5.74, 6) is 4.63. The Bertz CT molecular complexity index is 568. The van der Waals surface area contributed by atoms with Crippen molar-refractivity contribution >= 4 is 5.91 Å². The molecule has 0 aliphatic carbocycles. The fraction of sp³-hybridized carbons (Fsp3) is 0.231. The van der Waals surface area contributed by atoms with Crippen molar-refractivity contribution in [1.82, 2.24) is 9.88 Å². The third-order valence-corrected chi connectivity index (χ3v) is 2.10. The molecule has 0 atom stereocenters. The van der Waals surface area contributed by atoms with Gasteiger partial charge in [-0.25, -0.2) is 4.98 Å². The van der Waals surface area contributed by atoms with Crippen LogP contribution in [0.15, 0.2) is 18.3 Å². The molecule has 0 bridgehead atoms. The summed E-state index contributed by atoms with van der Waals surface area (Å²) in [6.45, 7) is -0.584. The van der Waals surface area contributed by atoms with Gasteiger partial charge in [0.15, 0.2) is 0 Å². The summed E-state index contributed by atoms with van der Waals surface area (Å²) in [4.78, 5) is 17.0. The van der Waals surface area contributed by atoms with E-state index in [2.05, 4.69) is 16.8 Å². The Balaban J connectivity index is 2.88. The maximum absolute atomic E-state index is 11.9. The zero-order chi connectivity index (χ0) is 14.1. The zero-order valence-electron chi connectivity index (χ0n) is 10.00. The molecule has 1 aromatic heterocycles. The van der Waals surface area contributed by atoms with Gasteiger partial charge in [-0.1, -0.05) is 11.8 Å². The Hall–Kier alpha value is -2.88. The largest absolute Gasteiger partial charge is 0.384 e. The van der Waals surface area contributed by atoms with E-state index < -0.39 is 5.91 Å². The number of aliphatic hydroxyl groups is 1. The standard InChI is InChI=1S/C13H10N4O2/c14-5-7-17(8-6-15)13(19)12-4-3-11(10-16-12)2-1-9-18/h3-4,10,18H,7-9H2. The smallest absolute Gasteiger partial charge is 0.274 e. The minimum absolute atomic E-state index is 0.139. The molecule has 0 radical (unpaired) electrons. The Morgan fingerprint density at radius 3 is 2.47 bits per heavy atom. The molecule has 94 valence electrons. The minimum Gasteiger partial charge on any atom is -0.384 e. The fourth-order valence-corrected chi connectivity index (χ4v) is 1.27. The summed E-state index contributed by atoms with van der Waals surface area (Å²) in [6.07, 6.45) is 1.40. The van der Waals surface area contributed by atoms with Crippen LogP contribution in [0, 0.1) is 34.5 Å². The number of hydrogen-bond donors (Lipinski definition) is 1. The zero-order valence-corrected chi connectivity index (χ0v) is 10.00. The second-order valence-corrected chi connectivity index (χ2v) is 3.37. The molecule has 19 heavy (non-hydrogen) atoms. The Morgan fingerprint density at radius 2 is 2.00 bits per heavy atom. The molecular formula is C13H10N4O2. The van der Waals surface area contributed by atoms with Crippen molar-refractivity contribution in [3.05, 3.63) is 29.6 Å². The quantitative estimate of drug-likeness (QED) is 0.600.